The Morgan fingerprint density at radius 3 is 2.86 bits per heavy atom. The Morgan fingerprint density at radius 2 is 2.14 bits per heavy atom. The van der Waals surface area contributed by atoms with Gasteiger partial charge in [-0.2, -0.15) is 4.98 Å². The molecule has 2 N–H and O–H groups in total. The third kappa shape index (κ3) is 5.55. The van der Waals surface area contributed by atoms with Crippen LogP contribution in [0.1, 0.15) is 33.2 Å². The van der Waals surface area contributed by atoms with Crippen molar-refractivity contribution in [2.24, 2.45) is 0 Å². The molecule has 1 amide bonds. The molecule has 0 saturated carbocycles. The molecule has 0 spiro atoms. The van der Waals surface area contributed by atoms with Gasteiger partial charge in [-0.25, -0.2) is 4.98 Å². The van der Waals surface area contributed by atoms with E-state index in [2.05, 4.69) is 32.4 Å². The van der Waals surface area contributed by atoms with Gasteiger partial charge in [0.15, 0.2) is 18.2 Å². The van der Waals surface area contributed by atoms with Crippen molar-refractivity contribution in [3.8, 4) is 5.75 Å². The van der Waals surface area contributed by atoms with E-state index in [0.29, 0.717) is 29.9 Å². The molecule has 1 unspecified atom stereocenters. The quantitative estimate of drug-likeness (QED) is 0.470. The van der Waals surface area contributed by atoms with Gasteiger partial charge in [0.2, 0.25) is 5.95 Å². The Labute approximate surface area is 214 Å². The molecule has 1 aromatic carbocycles. The van der Waals surface area contributed by atoms with E-state index in [0.717, 1.165) is 29.6 Å². The molecule has 3 heterocycles. The van der Waals surface area contributed by atoms with Crippen molar-refractivity contribution in [2.75, 3.05) is 43.6 Å². The summed E-state index contributed by atoms with van der Waals surface area (Å²) < 4.78 is 12.9. The monoisotopic (exact) mass is 514 g/mol. The number of amides is 1. The predicted molar refractivity (Wildman–Crippen MR) is 141 cm³/mol. The highest BCUT2D eigenvalue weighted by atomic mass is 35.5. The fourth-order valence-electron chi connectivity index (χ4n) is 4.11. The summed E-state index contributed by atoms with van der Waals surface area (Å²) in [5.74, 6) is 0.856. The zero-order valence-corrected chi connectivity index (χ0v) is 21.6. The smallest absolute Gasteiger partial charge is 0.293 e. The number of pyridine rings is 1. The van der Waals surface area contributed by atoms with Gasteiger partial charge in [0.05, 0.1) is 24.4 Å². The van der Waals surface area contributed by atoms with Gasteiger partial charge < -0.3 is 29.6 Å². The molecule has 11 heteroatoms. The molecular formula is C25H31ClN6O4. The van der Waals surface area contributed by atoms with Crippen LogP contribution in [0, 0.1) is 0 Å². The molecule has 3 aromatic rings. The van der Waals surface area contributed by atoms with Crippen LogP contribution in [0.3, 0.4) is 0 Å². The molecule has 1 fully saturated rings. The van der Waals surface area contributed by atoms with E-state index in [9.17, 15) is 9.59 Å². The van der Waals surface area contributed by atoms with Crippen LogP contribution in [0.4, 0.5) is 17.5 Å². The lowest BCUT2D eigenvalue weighted by molar-refractivity contribution is -0.122. The molecular weight excluding hydrogens is 484 g/mol. The van der Waals surface area contributed by atoms with E-state index < -0.39 is 0 Å². The van der Waals surface area contributed by atoms with Gasteiger partial charge in [0, 0.05) is 37.3 Å². The first-order chi connectivity index (χ1) is 17.3. The van der Waals surface area contributed by atoms with Crippen LogP contribution in [-0.2, 0) is 9.53 Å². The highest BCUT2D eigenvalue weighted by Gasteiger charge is 2.22. The van der Waals surface area contributed by atoms with Crippen molar-refractivity contribution < 1.29 is 14.3 Å². The molecule has 36 heavy (non-hydrogen) atoms. The van der Waals surface area contributed by atoms with Gasteiger partial charge in [-0.05, 0) is 44.5 Å². The van der Waals surface area contributed by atoms with Crippen molar-refractivity contribution in [1.82, 2.24) is 19.9 Å². The number of carbonyl (C=O) groups excluding carboxylic acids is 1. The average Bonchev–Trinajstić information content (AvgIpc) is 2.88. The molecule has 0 aliphatic carbocycles. The van der Waals surface area contributed by atoms with E-state index in [1.165, 1.54) is 7.05 Å². The van der Waals surface area contributed by atoms with Crippen molar-refractivity contribution in [3.63, 3.8) is 0 Å². The maximum Gasteiger partial charge on any atom is 0.293 e. The molecule has 4 rings (SSSR count). The third-order valence-corrected chi connectivity index (χ3v) is 6.30. The standard InChI is InChI=1S/C25H31ClN6O4/c1-5-18-13-31(8-9-35-18)25-28-12-19(26)23(30-25)29-17-6-7-20-16(10-17)11-21(36-14-22(33)27-4)24(34)32(20)15(2)3/h6-7,10-12,15,18H,5,8-9,13-14H2,1-4H3,(H,27,33)(H,28,29,30). The van der Waals surface area contributed by atoms with Crippen LogP contribution in [-0.4, -0.2) is 59.9 Å². The van der Waals surface area contributed by atoms with Gasteiger partial charge in [0.25, 0.3) is 11.5 Å². The predicted octanol–water partition coefficient (Wildman–Crippen LogP) is 3.51. The Hall–Kier alpha value is -3.37. The largest absolute Gasteiger partial charge is 0.478 e. The average molecular weight is 515 g/mol. The number of aromatic nitrogens is 3. The molecule has 10 nitrogen and oxygen atoms in total. The number of morpholine rings is 1. The first-order valence-electron chi connectivity index (χ1n) is 12.0. The van der Waals surface area contributed by atoms with Crippen LogP contribution >= 0.6 is 11.6 Å². The van der Waals surface area contributed by atoms with Gasteiger partial charge in [-0.15, -0.1) is 0 Å². The Bertz CT molecular complexity index is 1310. The van der Waals surface area contributed by atoms with E-state index in [1.807, 2.05) is 32.0 Å². The summed E-state index contributed by atoms with van der Waals surface area (Å²) in [7, 11) is 1.52. The molecule has 1 atom stereocenters. The Morgan fingerprint density at radius 1 is 1.33 bits per heavy atom. The molecule has 1 aliphatic heterocycles. The van der Waals surface area contributed by atoms with Crippen LogP contribution in [0.5, 0.6) is 5.75 Å². The number of halogens is 1. The molecule has 2 aromatic heterocycles. The lowest BCUT2D eigenvalue weighted by Crippen LogP contribution is -2.43. The summed E-state index contributed by atoms with van der Waals surface area (Å²) >= 11 is 6.42. The zero-order chi connectivity index (χ0) is 25.8. The number of carbonyl (C=O) groups is 1. The number of nitrogens with zero attached hydrogens (tertiary/aromatic N) is 4. The summed E-state index contributed by atoms with van der Waals surface area (Å²) in [6, 6.07) is 7.16. The van der Waals surface area contributed by atoms with Gasteiger partial charge in [-0.3, -0.25) is 9.59 Å². The minimum Gasteiger partial charge on any atom is -0.478 e. The highest BCUT2D eigenvalue weighted by molar-refractivity contribution is 6.32. The van der Waals surface area contributed by atoms with Crippen molar-refractivity contribution in [2.45, 2.75) is 39.3 Å². The third-order valence-electron chi connectivity index (χ3n) is 6.03. The lowest BCUT2D eigenvalue weighted by Gasteiger charge is -2.32. The van der Waals surface area contributed by atoms with E-state index in [4.69, 9.17) is 21.1 Å². The molecule has 192 valence electrons. The maximum absolute atomic E-state index is 13.0. The number of benzene rings is 1. The van der Waals surface area contributed by atoms with E-state index in [1.54, 1.807) is 16.8 Å². The molecule has 0 bridgehead atoms. The Kier molecular flexibility index (Phi) is 7.95. The fraction of sp³-hybridized carbons (Fsp3) is 0.440. The molecule has 1 aliphatic rings. The minimum absolute atomic E-state index is 0.108. The van der Waals surface area contributed by atoms with Crippen molar-refractivity contribution in [3.05, 3.63) is 45.8 Å². The number of fused-ring (bicyclic) bond motifs is 1. The minimum atomic E-state index is -0.319. The van der Waals surface area contributed by atoms with Gasteiger partial charge in [0.1, 0.15) is 5.02 Å². The normalized spacial score (nSPS) is 15.8. The number of nitrogens with one attached hydrogen (secondary N) is 2. The summed E-state index contributed by atoms with van der Waals surface area (Å²) in [6.07, 6.45) is 2.65. The first kappa shape index (κ1) is 25.7. The molecule has 0 radical (unpaired) electrons. The number of anilines is 3. The molecule has 1 saturated heterocycles. The summed E-state index contributed by atoms with van der Waals surface area (Å²) in [4.78, 5) is 35.9. The van der Waals surface area contributed by atoms with Gasteiger partial charge >= 0.3 is 0 Å². The topological polar surface area (TPSA) is 111 Å². The second-order valence-electron chi connectivity index (χ2n) is 8.85. The second kappa shape index (κ2) is 11.1. The zero-order valence-electron chi connectivity index (χ0n) is 20.9. The summed E-state index contributed by atoms with van der Waals surface area (Å²) in [6.45, 7) is 7.75. The van der Waals surface area contributed by atoms with Crippen molar-refractivity contribution >= 4 is 45.9 Å². The summed E-state index contributed by atoms with van der Waals surface area (Å²) in [5, 5.41) is 6.92. The first-order valence-corrected chi connectivity index (χ1v) is 12.4. The second-order valence-corrected chi connectivity index (χ2v) is 9.26. The van der Waals surface area contributed by atoms with Crippen LogP contribution in [0.15, 0.2) is 35.3 Å². The van der Waals surface area contributed by atoms with Gasteiger partial charge in [-0.1, -0.05) is 18.5 Å². The SMILES string of the molecule is CCC1CN(c2ncc(Cl)c(Nc3ccc4c(c3)cc(OCC(=O)NC)c(=O)n4C(C)C)n2)CCO1. The van der Waals surface area contributed by atoms with Crippen molar-refractivity contribution in [1.29, 1.82) is 0 Å². The maximum atomic E-state index is 13.0. The van der Waals surface area contributed by atoms with E-state index >= 15 is 0 Å². The number of hydrogen-bond donors (Lipinski definition) is 2. The van der Waals surface area contributed by atoms with E-state index in [-0.39, 0.29) is 36.0 Å². The highest BCUT2D eigenvalue weighted by Crippen LogP contribution is 2.29. The lowest BCUT2D eigenvalue weighted by atomic mass is 10.1. The number of rotatable bonds is 8. The van der Waals surface area contributed by atoms with Crippen LogP contribution < -0.4 is 25.8 Å². The van der Waals surface area contributed by atoms with Crippen LogP contribution in [0.25, 0.3) is 10.9 Å². The Balaban J connectivity index is 1.66. The fourth-order valence-corrected chi connectivity index (χ4v) is 4.25. The number of likely N-dealkylation sites (N-methyl/N-ethyl adjacent to an activating group) is 1. The number of ether oxygens (including phenoxy) is 2. The van der Waals surface area contributed by atoms with Crippen LogP contribution in [0.2, 0.25) is 5.02 Å². The summed E-state index contributed by atoms with van der Waals surface area (Å²) in [5.41, 5.74) is 1.19. The number of hydrogen-bond acceptors (Lipinski definition) is 8.